The van der Waals surface area contributed by atoms with Crippen LogP contribution in [-0.4, -0.2) is 20.3 Å². The minimum Gasteiger partial charge on any atom is -0.493 e. The van der Waals surface area contributed by atoms with Gasteiger partial charge in [0.1, 0.15) is 5.54 Å². The van der Waals surface area contributed by atoms with Crippen LogP contribution in [0.2, 0.25) is 0 Å². The van der Waals surface area contributed by atoms with Crippen molar-refractivity contribution in [2.24, 2.45) is 4.99 Å². The van der Waals surface area contributed by atoms with Crippen molar-refractivity contribution in [2.75, 3.05) is 14.2 Å². The molecular formula is C14H16BrNO3. The van der Waals surface area contributed by atoms with Crippen molar-refractivity contribution in [1.29, 1.82) is 0 Å². The van der Waals surface area contributed by atoms with Crippen LogP contribution in [-0.2, 0) is 10.3 Å². The van der Waals surface area contributed by atoms with Gasteiger partial charge in [0, 0.05) is 10.0 Å². The number of ether oxygens (including phenoxy) is 2. The summed E-state index contributed by atoms with van der Waals surface area (Å²) in [6.45, 7) is 1.99. The van der Waals surface area contributed by atoms with Crippen molar-refractivity contribution in [3.05, 3.63) is 21.7 Å². The number of hydrogen-bond acceptors (Lipinski definition) is 4. The fourth-order valence-electron chi connectivity index (χ4n) is 2.63. The zero-order chi connectivity index (χ0) is 14.0. The summed E-state index contributed by atoms with van der Waals surface area (Å²) < 4.78 is 11.8. The normalized spacial score (nSPS) is 16.2. The maximum Gasteiger partial charge on any atom is 0.235 e. The Balaban J connectivity index is 2.73. The molecule has 1 aromatic rings. The van der Waals surface area contributed by atoms with Gasteiger partial charge in [-0.25, -0.2) is 4.79 Å². The van der Waals surface area contributed by atoms with E-state index in [-0.39, 0.29) is 0 Å². The largest absolute Gasteiger partial charge is 0.493 e. The predicted octanol–water partition coefficient (Wildman–Crippen LogP) is 3.49. The number of nitrogens with zero attached hydrogens (tertiary/aromatic N) is 1. The Morgan fingerprint density at radius 1 is 1.37 bits per heavy atom. The zero-order valence-electron chi connectivity index (χ0n) is 11.2. The van der Waals surface area contributed by atoms with Crippen molar-refractivity contribution in [2.45, 2.75) is 31.7 Å². The van der Waals surface area contributed by atoms with Crippen LogP contribution in [0.15, 0.2) is 15.5 Å². The Labute approximate surface area is 120 Å². The maximum atomic E-state index is 10.8. The van der Waals surface area contributed by atoms with Gasteiger partial charge in [0.2, 0.25) is 6.08 Å². The summed E-state index contributed by atoms with van der Waals surface area (Å²) in [6.07, 6.45) is 4.42. The highest BCUT2D eigenvalue weighted by atomic mass is 79.9. The van der Waals surface area contributed by atoms with Gasteiger partial charge in [0.15, 0.2) is 11.5 Å². The molecule has 1 aliphatic carbocycles. The molecule has 0 heterocycles. The van der Waals surface area contributed by atoms with Crippen LogP contribution in [0.4, 0.5) is 0 Å². The van der Waals surface area contributed by atoms with Gasteiger partial charge in [-0.2, -0.15) is 4.99 Å². The van der Waals surface area contributed by atoms with Crippen LogP contribution in [0.25, 0.3) is 0 Å². The summed E-state index contributed by atoms with van der Waals surface area (Å²) in [5.41, 5.74) is 1.45. The van der Waals surface area contributed by atoms with E-state index in [1.54, 1.807) is 20.3 Å². The Bertz CT molecular complexity index is 546. The van der Waals surface area contributed by atoms with Crippen LogP contribution >= 0.6 is 15.9 Å². The zero-order valence-corrected chi connectivity index (χ0v) is 12.8. The Hall–Kier alpha value is -1.32. The molecule has 1 aliphatic rings. The highest BCUT2D eigenvalue weighted by molar-refractivity contribution is 9.10. The Kier molecular flexibility index (Phi) is 3.97. The van der Waals surface area contributed by atoms with Gasteiger partial charge in [-0.05, 0) is 37.8 Å². The molecule has 0 saturated heterocycles. The van der Waals surface area contributed by atoms with Crippen molar-refractivity contribution in [3.63, 3.8) is 0 Å². The average Bonchev–Trinajstić information content (AvgIpc) is 2.37. The number of hydrogen-bond donors (Lipinski definition) is 0. The molecule has 1 saturated carbocycles. The first kappa shape index (κ1) is 14.1. The van der Waals surface area contributed by atoms with Crippen LogP contribution in [0, 0.1) is 6.92 Å². The van der Waals surface area contributed by atoms with Crippen LogP contribution in [0.5, 0.6) is 11.5 Å². The number of carbonyl (C=O) groups excluding carboxylic acids is 1. The van der Waals surface area contributed by atoms with E-state index in [9.17, 15) is 4.79 Å². The number of methoxy groups -OCH3 is 2. The fraction of sp³-hybridized carbons (Fsp3) is 0.500. The molecule has 0 radical (unpaired) electrons. The SMILES string of the molecule is COc1cc(Br)c(C)c(C2(N=C=O)CCC2)c1OC. The molecular weight excluding hydrogens is 310 g/mol. The number of benzene rings is 1. The topological polar surface area (TPSA) is 47.9 Å². The van der Waals surface area contributed by atoms with E-state index in [0.29, 0.717) is 11.5 Å². The summed E-state index contributed by atoms with van der Waals surface area (Å²) in [5.74, 6) is 1.30. The smallest absolute Gasteiger partial charge is 0.235 e. The summed E-state index contributed by atoms with van der Waals surface area (Å²) in [4.78, 5) is 14.8. The van der Waals surface area contributed by atoms with Gasteiger partial charge in [-0.1, -0.05) is 15.9 Å². The standard InChI is InChI=1S/C14H16BrNO3/c1-9-10(15)7-11(18-2)13(19-3)12(9)14(16-8-17)5-4-6-14/h7H,4-6H2,1-3H3. The number of aliphatic imine (C=N–C) groups is 1. The predicted molar refractivity (Wildman–Crippen MR) is 75.6 cm³/mol. The third-order valence-corrected chi connectivity index (χ3v) is 4.60. The molecule has 0 unspecified atom stereocenters. The molecule has 102 valence electrons. The Morgan fingerprint density at radius 2 is 2.05 bits per heavy atom. The van der Waals surface area contributed by atoms with E-state index in [4.69, 9.17) is 9.47 Å². The van der Waals surface area contributed by atoms with Gasteiger partial charge in [-0.15, -0.1) is 0 Å². The van der Waals surface area contributed by atoms with Crippen LogP contribution in [0.1, 0.15) is 30.4 Å². The van der Waals surface area contributed by atoms with E-state index in [0.717, 1.165) is 34.9 Å². The molecule has 1 fully saturated rings. The van der Waals surface area contributed by atoms with E-state index in [1.807, 2.05) is 13.0 Å². The molecule has 5 heteroatoms. The van der Waals surface area contributed by atoms with Crippen molar-refractivity contribution in [1.82, 2.24) is 0 Å². The van der Waals surface area contributed by atoms with Crippen molar-refractivity contribution < 1.29 is 14.3 Å². The molecule has 0 aromatic heterocycles. The molecule has 0 spiro atoms. The molecule has 0 aliphatic heterocycles. The molecule has 0 amide bonds. The van der Waals surface area contributed by atoms with Crippen molar-refractivity contribution >= 4 is 22.0 Å². The summed E-state index contributed by atoms with van der Waals surface area (Å²) in [6, 6.07) is 1.87. The highest BCUT2D eigenvalue weighted by Crippen LogP contribution is 2.53. The fourth-order valence-corrected chi connectivity index (χ4v) is 3.04. The molecule has 1 aromatic carbocycles. The first-order valence-electron chi connectivity index (χ1n) is 6.10. The molecule has 19 heavy (non-hydrogen) atoms. The number of rotatable bonds is 4. The van der Waals surface area contributed by atoms with E-state index < -0.39 is 5.54 Å². The third kappa shape index (κ3) is 2.17. The first-order chi connectivity index (χ1) is 9.09. The van der Waals surface area contributed by atoms with Gasteiger partial charge < -0.3 is 9.47 Å². The summed E-state index contributed by atoms with van der Waals surface area (Å²) in [7, 11) is 3.20. The lowest BCUT2D eigenvalue weighted by Gasteiger charge is -2.39. The molecule has 0 N–H and O–H groups in total. The van der Waals surface area contributed by atoms with Crippen LogP contribution in [0.3, 0.4) is 0 Å². The quantitative estimate of drug-likeness (QED) is 0.629. The van der Waals surface area contributed by atoms with Gasteiger partial charge >= 0.3 is 0 Å². The van der Waals surface area contributed by atoms with Gasteiger partial charge in [0.25, 0.3) is 0 Å². The number of halogens is 1. The average molecular weight is 326 g/mol. The number of isocyanates is 1. The molecule has 4 nitrogen and oxygen atoms in total. The highest BCUT2D eigenvalue weighted by Gasteiger charge is 2.43. The van der Waals surface area contributed by atoms with Crippen molar-refractivity contribution in [3.8, 4) is 11.5 Å². The van der Waals surface area contributed by atoms with Gasteiger partial charge in [0.05, 0.1) is 14.2 Å². The van der Waals surface area contributed by atoms with E-state index >= 15 is 0 Å². The monoisotopic (exact) mass is 325 g/mol. The van der Waals surface area contributed by atoms with E-state index in [2.05, 4.69) is 20.9 Å². The lowest BCUT2D eigenvalue weighted by atomic mass is 9.70. The minimum absolute atomic E-state index is 0.506. The maximum absolute atomic E-state index is 10.8. The van der Waals surface area contributed by atoms with E-state index in [1.165, 1.54) is 0 Å². The molecule has 2 rings (SSSR count). The second kappa shape index (κ2) is 5.35. The lowest BCUT2D eigenvalue weighted by molar-refractivity contribution is 0.241. The van der Waals surface area contributed by atoms with Crippen LogP contribution < -0.4 is 9.47 Å². The Morgan fingerprint density at radius 3 is 2.47 bits per heavy atom. The second-order valence-electron chi connectivity index (χ2n) is 4.68. The second-order valence-corrected chi connectivity index (χ2v) is 5.54. The first-order valence-corrected chi connectivity index (χ1v) is 6.89. The summed E-state index contributed by atoms with van der Waals surface area (Å²) >= 11 is 3.52. The third-order valence-electron chi connectivity index (χ3n) is 3.77. The lowest BCUT2D eigenvalue weighted by Crippen LogP contribution is -2.33. The van der Waals surface area contributed by atoms with Gasteiger partial charge in [-0.3, -0.25) is 0 Å². The summed E-state index contributed by atoms with van der Waals surface area (Å²) in [5, 5.41) is 0. The molecule has 0 atom stereocenters. The molecule has 0 bridgehead atoms. The minimum atomic E-state index is -0.506.